The van der Waals surface area contributed by atoms with Crippen LogP contribution in [0.5, 0.6) is 0 Å². The van der Waals surface area contributed by atoms with Crippen molar-refractivity contribution in [1.29, 1.82) is 0 Å². The topological polar surface area (TPSA) is 46.5 Å². The maximum Gasteiger partial charge on any atom is 0.309 e. The smallest absolute Gasteiger partial charge is 0.309 e. The summed E-state index contributed by atoms with van der Waals surface area (Å²) in [6.45, 7) is 8.94. The van der Waals surface area contributed by atoms with E-state index in [1.807, 2.05) is 18.2 Å². The summed E-state index contributed by atoms with van der Waals surface area (Å²) < 4.78 is 4.79. The Labute approximate surface area is 234 Å². The molecule has 0 spiro atoms. The molecule has 0 aliphatic heterocycles. The number of hydrogen-bond donors (Lipinski definition) is 1. The second-order valence-corrected chi connectivity index (χ2v) is 11.3. The molecule has 1 aliphatic carbocycles. The van der Waals surface area contributed by atoms with Crippen LogP contribution in [0.4, 0.5) is 0 Å². The summed E-state index contributed by atoms with van der Waals surface area (Å²) in [6.07, 6.45) is 11.6. The van der Waals surface area contributed by atoms with Gasteiger partial charge in [0.15, 0.2) is 0 Å². The number of benzene rings is 3. The molecule has 1 aliphatic rings. The van der Waals surface area contributed by atoms with Crippen LogP contribution < -0.4 is 0 Å². The van der Waals surface area contributed by atoms with E-state index in [2.05, 4.69) is 82.3 Å². The summed E-state index contributed by atoms with van der Waals surface area (Å²) in [7, 11) is 1.42. The molecule has 39 heavy (non-hydrogen) atoms. The van der Waals surface area contributed by atoms with E-state index in [0.717, 1.165) is 49.7 Å². The largest absolute Gasteiger partial charge is 0.469 e. The Bertz CT molecular complexity index is 1310. The molecule has 3 aromatic carbocycles. The summed E-state index contributed by atoms with van der Waals surface area (Å²) in [4.78, 5) is 11.6. The van der Waals surface area contributed by atoms with Crippen molar-refractivity contribution < 1.29 is 14.6 Å². The zero-order valence-corrected chi connectivity index (χ0v) is 24.3. The first-order valence-electron chi connectivity index (χ1n) is 14.5. The van der Waals surface area contributed by atoms with E-state index in [1.54, 1.807) is 0 Å². The van der Waals surface area contributed by atoms with Crippen LogP contribution in [0, 0.1) is 13.8 Å². The van der Waals surface area contributed by atoms with E-state index in [0.29, 0.717) is 6.42 Å². The van der Waals surface area contributed by atoms with Crippen molar-refractivity contribution in [3.8, 4) is 11.1 Å². The maximum atomic E-state index is 11.6. The van der Waals surface area contributed by atoms with Gasteiger partial charge in [-0.2, -0.15) is 0 Å². The van der Waals surface area contributed by atoms with Gasteiger partial charge in [-0.25, -0.2) is 0 Å². The minimum atomic E-state index is -0.652. The summed E-state index contributed by atoms with van der Waals surface area (Å²) in [5.74, 6) is -0.223. The number of carbonyl (C=O) groups excluding carboxylic acids is 1. The van der Waals surface area contributed by atoms with Gasteiger partial charge in [0.05, 0.1) is 19.1 Å². The molecule has 0 atom stereocenters. The van der Waals surface area contributed by atoms with Crippen molar-refractivity contribution in [3.05, 3.63) is 100 Å². The highest BCUT2D eigenvalue weighted by atomic mass is 16.5. The lowest BCUT2D eigenvalue weighted by atomic mass is 9.69. The highest BCUT2D eigenvalue weighted by molar-refractivity contribution is 5.73. The fourth-order valence-electron chi connectivity index (χ4n) is 6.30. The summed E-state index contributed by atoms with van der Waals surface area (Å²) in [5, 5.41) is 10.9. The Hall–Kier alpha value is -3.17. The van der Waals surface area contributed by atoms with Gasteiger partial charge >= 0.3 is 5.97 Å². The van der Waals surface area contributed by atoms with Gasteiger partial charge in [-0.1, -0.05) is 106 Å². The third kappa shape index (κ3) is 6.36. The van der Waals surface area contributed by atoms with Crippen LogP contribution in [0.3, 0.4) is 0 Å². The van der Waals surface area contributed by atoms with Gasteiger partial charge in [0.2, 0.25) is 0 Å². The quantitative estimate of drug-likeness (QED) is 0.285. The average Bonchev–Trinajstić information content (AvgIpc) is 2.94. The van der Waals surface area contributed by atoms with E-state index >= 15 is 0 Å². The van der Waals surface area contributed by atoms with E-state index in [1.165, 1.54) is 46.9 Å². The van der Waals surface area contributed by atoms with E-state index < -0.39 is 5.60 Å². The third-order valence-electron chi connectivity index (χ3n) is 8.94. The zero-order valence-electron chi connectivity index (χ0n) is 24.3. The van der Waals surface area contributed by atoms with Crippen LogP contribution in [-0.4, -0.2) is 23.8 Å². The Morgan fingerprint density at radius 2 is 1.51 bits per heavy atom. The molecular weight excluding hydrogens is 480 g/mol. The first kappa shape index (κ1) is 28.8. The molecule has 1 fully saturated rings. The van der Waals surface area contributed by atoms with E-state index in [9.17, 15) is 9.90 Å². The number of aliphatic hydroxyl groups is 1. The van der Waals surface area contributed by atoms with E-state index in [-0.39, 0.29) is 11.4 Å². The average molecular weight is 525 g/mol. The predicted octanol–water partition coefficient (Wildman–Crippen LogP) is 8.50. The molecule has 0 amide bonds. The number of aryl methyl sites for hydroxylation is 2. The molecule has 0 bridgehead atoms. The van der Waals surface area contributed by atoms with Crippen molar-refractivity contribution in [2.75, 3.05) is 7.11 Å². The van der Waals surface area contributed by atoms with Crippen LogP contribution in [0.15, 0.2) is 66.7 Å². The molecule has 3 aromatic rings. The Morgan fingerprint density at radius 1 is 0.897 bits per heavy atom. The molecule has 1 N–H and O–H groups in total. The fourth-order valence-corrected chi connectivity index (χ4v) is 6.30. The first-order valence-corrected chi connectivity index (χ1v) is 14.5. The van der Waals surface area contributed by atoms with E-state index in [4.69, 9.17) is 4.74 Å². The molecule has 206 valence electrons. The van der Waals surface area contributed by atoms with Gasteiger partial charge in [-0.3, -0.25) is 4.79 Å². The molecule has 0 saturated heterocycles. The molecule has 0 radical (unpaired) electrons. The summed E-state index contributed by atoms with van der Waals surface area (Å²) in [6, 6.07) is 21.9. The van der Waals surface area contributed by atoms with Gasteiger partial charge in [0, 0.05) is 5.41 Å². The predicted molar refractivity (Wildman–Crippen MR) is 162 cm³/mol. The minimum absolute atomic E-state index is 0.0672. The van der Waals surface area contributed by atoms with Gasteiger partial charge in [-0.05, 0) is 84.0 Å². The molecule has 0 unspecified atom stereocenters. The highest BCUT2D eigenvalue weighted by Gasteiger charge is 2.31. The lowest BCUT2D eigenvalue weighted by Crippen LogP contribution is -2.28. The second kappa shape index (κ2) is 12.3. The lowest BCUT2D eigenvalue weighted by molar-refractivity contribution is -0.139. The van der Waals surface area contributed by atoms with Crippen molar-refractivity contribution in [2.24, 2.45) is 0 Å². The van der Waals surface area contributed by atoms with Crippen LogP contribution in [0.25, 0.3) is 17.2 Å². The van der Waals surface area contributed by atoms with Gasteiger partial charge in [0.25, 0.3) is 0 Å². The number of esters is 1. The SMILES string of the molecule is CCC(CC)(c1ccc(C=CC2(O)CCCCC2)c(C)c1)c1ccc(-c2ccc(CC(=O)OC)cc2)c(C)c1. The van der Waals surface area contributed by atoms with Crippen LogP contribution in [0.1, 0.15) is 92.2 Å². The second-order valence-electron chi connectivity index (χ2n) is 11.3. The van der Waals surface area contributed by atoms with Crippen LogP contribution >= 0.6 is 0 Å². The van der Waals surface area contributed by atoms with Gasteiger partial charge in [0.1, 0.15) is 0 Å². The Morgan fingerprint density at radius 3 is 2.08 bits per heavy atom. The lowest BCUT2D eigenvalue weighted by Gasteiger charge is -2.34. The molecule has 0 heterocycles. The standard InChI is InChI=1S/C36H44O3/c1-6-36(7-2,31-16-15-29(26(3)23-31)19-22-35(38)20-9-8-10-21-35)32-17-18-33(27(4)24-32)30-13-11-28(12-14-30)25-34(37)39-5/h11-19,22-24,38H,6-10,20-21,25H2,1-5H3. The summed E-state index contributed by atoms with van der Waals surface area (Å²) >= 11 is 0. The molecule has 3 nitrogen and oxygen atoms in total. The Balaban J connectivity index is 1.61. The molecular formula is C36H44O3. The third-order valence-corrected chi connectivity index (χ3v) is 8.94. The monoisotopic (exact) mass is 524 g/mol. The van der Waals surface area contributed by atoms with Crippen molar-refractivity contribution in [2.45, 2.75) is 90.1 Å². The van der Waals surface area contributed by atoms with Crippen LogP contribution in [0.2, 0.25) is 0 Å². The van der Waals surface area contributed by atoms with Crippen molar-refractivity contribution in [1.82, 2.24) is 0 Å². The van der Waals surface area contributed by atoms with Gasteiger partial charge in [-0.15, -0.1) is 0 Å². The number of ether oxygens (including phenoxy) is 1. The zero-order chi connectivity index (χ0) is 28.0. The minimum Gasteiger partial charge on any atom is -0.469 e. The highest BCUT2D eigenvalue weighted by Crippen LogP contribution is 2.41. The number of rotatable bonds is 9. The molecule has 3 heteroatoms. The maximum absolute atomic E-state index is 11.6. The Kier molecular flexibility index (Phi) is 9.12. The molecule has 4 rings (SSSR count). The first-order chi connectivity index (χ1) is 18.7. The molecule has 1 saturated carbocycles. The number of methoxy groups -OCH3 is 1. The fraction of sp³-hybridized carbons (Fsp3) is 0.417. The normalized spacial score (nSPS) is 15.4. The van der Waals surface area contributed by atoms with Crippen molar-refractivity contribution in [3.63, 3.8) is 0 Å². The van der Waals surface area contributed by atoms with Gasteiger partial charge < -0.3 is 9.84 Å². The molecule has 0 aromatic heterocycles. The summed E-state index contributed by atoms with van der Waals surface area (Å²) in [5.41, 5.74) is 8.96. The van der Waals surface area contributed by atoms with Crippen LogP contribution in [-0.2, 0) is 21.4 Å². The number of hydrogen-bond acceptors (Lipinski definition) is 3. The number of carbonyl (C=O) groups is 1. The van der Waals surface area contributed by atoms with Crippen molar-refractivity contribution >= 4 is 12.0 Å².